The highest BCUT2D eigenvalue weighted by atomic mass is 16.3. The van der Waals surface area contributed by atoms with Crippen molar-refractivity contribution in [3.05, 3.63) is 95.5 Å². The molecule has 0 bridgehead atoms. The molecule has 5 nitrogen and oxygen atoms in total. The van der Waals surface area contributed by atoms with Crippen LogP contribution >= 0.6 is 0 Å². The summed E-state index contributed by atoms with van der Waals surface area (Å²) in [5, 5.41) is 7.18. The van der Waals surface area contributed by atoms with Gasteiger partial charge in [-0.2, -0.15) is 5.10 Å². The number of carbonyl (C=O) groups excluding carboxylic acids is 1. The van der Waals surface area contributed by atoms with Crippen LogP contribution in [0.4, 0.5) is 5.69 Å². The van der Waals surface area contributed by atoms with E-state index in [2.05, 4.69) is 22.4 Å². The summed E-state index contributed by atoms with van der Waals surface area (Å²) in [6.07, 6.45) is 1.47. The molecule has 0 saturated carbocycles. The van der Waals surface area contributed by atoms with E-state index in [1.54, 1.807) is 18.2 Å². The minimum atomic E-state index is -0.306. The van der Waals surface area contributed by atoms with Gasteiger partial charge in [0.15, 0.2) is 0 Å². The van der Waals surface area contributed by atoms with Gasteiger partial charge in [0.25, 0.3) is 5.91 Å². The van der Waals surface area contributed by atoms with Crippen LogP contribution in [-0.4, -0.2) is 12.1 Å². The average molecular weight is 359 g/mol. The molecular formula is C22H21N3O2. The van der Waals surface area contributed by atoms with E-state index in [1.165, 1.54) is 6.21 Å². The SMILES string of the molecule is C=C(Nc1cccc(C(=O)N/N=C/c2ccc(C)o2)c1)c1ccccc1C. The van der Waals surface area contributed by atoms with Gasteiger partial charge in [0.1, 0.15) is 11.5 Å². The zero-order valence-electron chi connectivity index (χ0n) is 15.3. The van der Waals surface area contributed by atoms with Crippen LogP contribution in [-0.2, 0) is 0 Å². The number of nitrogens with zero attached hydrogens (tertiary/aromatic N) is 1. The van der Waals surface area contributed by atoms with Crippen molar-refractivity contribution in [2.75, 3.05) is 5.32 Å². The monoisotopic (exact) mass is 359 g/mol. The van der Waals surface area contributed by atoms with Crippen LogP contribution < -0.4 is 10.7 Å². The molecule has 2 N–H and O–H groups in total. The number of hydrazone groups is 1. The molecule has 3 rings (SSSR count). The fourth-order valence-corrected chi connectivity index (χ4v) is 2.63. The largest absolute Gasteiger partial charge is 0.460 e. The van der Waals surface area contributed by atoms with Crippen LogP contribution in [0.15, 0.2) is 76.8 Å². The quantitative estimate of drug-likeness (QED) is 0.493. The Morgan fingerprint density at radius 2 is 1.89 bits per heavy atom. The molecule has 0 atom stereocenters. The molecule has 1 heterocycles. The Balaban J connectivity index is 1.66. The maximum atomic E-state index is 12.3. The van der Waals surface area contributed by atoms with E-state index in [0.29, 0.717) is 11.3 Å². The van der Waals surface area contributed by atoms with E-state index in [-0.39, 0.29) is 5.91 Å². The molecule has 3 aromatic rings. The second-order valence-electron chi connectivity index (χ2n) is 6.15. The number of amides is 1. The number of furan rings is 1. The summed E-state index contributed by atoms with van der Waals surface area (Å²) in [6.45, 7) is 7.97. The third-order valence-electron chi connectivity index (χ3n) is 4.01. The minimum absolute atomic E-state index is 0.306. The second kappa shape index (κ2) is 8.19. The molecular weight excluding hydrogens is 338 g/mol. The van der Waals surface area contributed by atoms with Crippen molar-refractivity contribution in [2.24, 2.45) is 5.10 Å². The normalized spacial score (nSPS) is 10.7. The Morgan fingerprint density at radius 3 is 2.63 bits per heavy atom. The van der Waals surface area contributed by atoms with E-state index in [4.69, 9.17) is 4.42 Å². The number of anilines is 1. The maximum absolute atomic E-state index is 12.3. The van der Waals surface area contributed by atoms with Gasteiger partial charge in [-0.3, -0.25) is 4.79 Å². The van der Waals surface area contributed by atoms with Gasteiger partial charge in [-0.25, -0.2) is 5.43 Å². The third-order valence-corrected chi connectivity index (χ3v) is 4.01. The predicted octanol–water partition coefficient (Wildman–Crippen LogP) is 4.74. The van der Waals surface area contributed by atoms with Gasteiger partial charge in [-0.05, 0) is 49.7 Å². The Bertz CT molecular complexity index is 1000. The van der Waals surface area contributed by atoms with Crippen molar-refractivity contribution in [3.8, 4) is 0 Å². The van der Waals surface area contributed by atoms with Gasteiger partial charge >= 0.3 is 0 Å². The van der Waals surface area contributed by atoms with Gasteiger partial charge in [0.05, 0.1) is 6.21 Å². The van der Waals surface area contributed by atoms with Gasteiger partial charge in [0.2, 0.25) is 0 Å². The van der Waals surface area contributed by atoms with Crippen molar-refractivity contribution >= 4 is 23.5 Å². The Morgan fingerprint density at radius 1 is 1.07 bits per heavy atom. The fourth-order valence-electron chi connectivity index (χ4n) is 2.63. The van der Waals surface area contributed by atoms with Crippen LogP contribution in [0, 0.1) is 13.8 Å². The maximum Gasteiger partial charge on any atom is 0.271 e. The number of nitrogens with one attached hydrogen (secondary N) is 2. The first-order valence-electron chi connectivity index (χ1n) is 8.55. The predicted molar refractivity (Wildman–Crippen MR) is 109 cm³/mol. The van der Waals surface area contributed by atoms with E-state index >= 15 is 0 Å². The van der Waals surface area contributed by atoms with Crippen LogP contribution in [0.3, 0.4) is 0 Å². The first-order valence-corrected chi connectivity index (χ1v) is 8.55. The third kappa shape index (κ3) is 4.73. The first-order chi connectivity index (χ1) is 13.0. The summed E-state index contributed by atoms with van der Waals surface area (Å²) < 4.78 is 5.37. The average Bonchev–Trinajstić information content (AvgIpc) is 3.07. The number of hydrogen-bond acceptors (Lipinski definition) is 4. The van der Waals surface area contributed by atoms with E-state index in [0.717, 1.165) is 28.3 Å². The molecule has 0 saturated heterocycles. The summed E-state index contributed by atoms with van der Waals surface area (Å²) in [6, 6.07) is 18.8. The second-order valence-corrected chi connectivity index (χ2v) is 6.15. The van der Waals surface area contributed by atoms with Gasteiger partial charge in [0, 0.05) is 22.5 Å². The van der Waals surface area contributed by atoms with E-state index in [1.807, 2.05) is 56.3 Å². The Hall–Kier alpha value is -3.60. The zero-order valence-corrected chi connectivity index (χ0v) is 15.3. The molecule has 1 aromatic heterocycles. The number of benzene rings is 2. The van der Waals surface area contributed by atoms with Crippen molar-refractivity contribution < 1.29 is 9.21 Å². The van der Waals surface area contributed by atoms with E-state index in [9.17, 15) is 4.79 Å². The molecule has 136 valence electrons. The highest BCUT2D eigenvalue weighted by Gasteiger charge is 2.07. The molecule has 0 radical (unpaired) electrons. The minimum Gasteiger partial charge on any atom is -0.460 e. The lowest BCUT2D eigenvalue weighted by Gasteiger charge is -2.12. The molecule has 5 heteroatoms. The molecule has 0 fully saturated rings. The number of carbonyl (C=O) groups is 1. The molecule has 2 aromatic carbocycles. The summed E-state index contributed by atoms with van der Waals surface area (Å²) >= 11 is 0. The van der Waals surface area contributed by atoms with Crippen molar-refractivity contribution in [1.29, 1.82) is 0 Å². The van der Waals surface area contributed by atoms with Crippen molar-refractivity contribution in [2.45, 2.75) is 13.8 Å². The van der Waals surface area contributed by atoms with Crippen LogP contribution in [0.5, 0.6) is 0 Å². The molecule has 0 aliphatic carbocycles. The van der Waals surface area contributed by atoms with Crippen molar-refractivity contribution in [3.63, 3.8) is 0 Å². The molecule has 0 unspecified atom stereocenters. The lowest BCUT2D eigenvalue weighted by Crippen LogP contribution is -2.17. The molecule has 1 amide bonds. The highest BCUT2D eigenvalue weighted by molar-refractivity contribution is 5.96. The first kappa shape index (κ1) is 18.2. The summed E-state index contributed by atoms with van der Waals surface area (Å²) in [5.41, 5.74) is 6.71. The molecule has 0 spiro atoms. The van der Waals surface area contributed by atoms with Gasteiger partial charge in [-0.15, -0.1) is 0 Å². The molecule has 27 heavy (non-hydrogen) atoms. The summed E-state index contributed by atoms with van der Waals surface area (Å²) in [7, 11) is 0. The van der Waals surface area contributed by atoms with Gasteiger partial charge < -0.3 is 9.73 Å². The number of aryl methyl sites for hydroxylation is 2. The lowest BCUT2D eigenvalue weighted by molar-refractivity contribution is 0.0955. The molecule has 0 aliphatic heterocycles. The summed E-state index contributed by atoms with van der Waals surface area (Å²) in [5.74, 6) is 1.06. The zero-order chi connectivity index (χ0) is 19.2. The Labute approximate surface area is 158 Å². The summed E-state index contributed by atoms with van der Waals surface area (Å²) in [4.78, 5) is 12.3. The topological polar surface area (TPSA) is 66.6 Å². The highest BCUT2D eigenvalue weighted by Crippen LogP contribution is 2.20. The smallest absolute Gasteiger partial charge is 0.271 e. The number of rotatable bonds is 6. The lowest BCUT2D eigenvalue weighted by atomic mass is 10.1. The molecule has 0 aliphatic rings. The Kier molecular flexibility index (Phi) is 5.52. The van der Waals surface area contributed by atoms with Crippen LogP contribution in [0.1, 0.15) is 33.0 Å². The van der Waals surface area contributed by atoms with Crippen LogP contribution in [0.25, 0.3) is 5.70 Å². The van der Waals surface area contributed by atoms with Gasteiger partial charge in [-0.1, -0.05) is 36.9 Å². The standard InChI is InChI=1S/C22H21N3O2/c1-15-7-4-5-10-21(15)17(3)24-19-9-6-8-18(13-19)22(26)25-23-14-20-12-11-16(2)27-20/h4-14,24H,3H2,1-2H3,(H,25,26)/b23-14+. The fraction of sp³-hybridized carbons (Fsp3) is 0.0909. The number of hydrogen-bond donors (Lipinski definition) is 2. The van der Waals surface area contributed by atoms with Crippen LogP contribution in [0.2, 0.25) is 0 Å². The van der Waals surface area contributed by atoms with E-state index < -0.39 is 0 Å². The van der Waals surface area contributed by atoms with Crippen molar-refractivity contribution in [1.82, 2.24) is 5.43 Å².